The van der Waals surface area contributed by atoms with Gasteiger partial charge in [0.15, 0.2) is 17.1 Å². The molecule has 2 aromatic carbocycles. The molecule has 1 aliphatic heterocycles. The van der Waals surface area contributed by atoms with Gasteiger partial charge in [0.1, 0.15) is 5.75 Å². The van der Waals surface area contributed by atoms with Crippen LogP contribution in [0.1, 0.15) is 64.1 Å². The molecule has 1 unspecified atom stereocenters. The molecule has 38 heavy (non-hydrogen) atoms. The van der Waals surface area contributed by atoms with Crippen LogP contribution in [0.25, 0.3) is 0 Å². The zero-order valence-electron chi connectivity index (χ0n) is 22.6. The van der Waals surface area contributed by atoms with E-state index in [1.165, 1.54) is 11.8 Å². The minimum absolute atomic E-state index is 0.100. The highest BCUT2D eigenvalue weighted by molar-refractivity contribution is 7.99. The minimum atomic E-state index is -0.305. The second-order valence-corrected chi connectivity index (χ2v) is 11.2. The summed E-state index contributed by atoms with van der Waals surface area (Å²) in [5, 5.41) is 13.1. The standard InChI is InChI=1S/C28H36ClN5O3S/c1-18(2)22-8-6-7-9-25(22)37-20(5)27-31-32-28(34(27)19(3)4)38-17-26(35)30-21-10-11-24(23(29)16-21)33-12-14-36-15-13-33/h6-11,16,18-20H,12-15,17H2,1-5H3,(H,30,35). The lowest BCUT2D eigenvalue weighted by atomic mass is 10.0. The number of thioether (sulfide) groups is 1. The predicted molar refractivity (Wildman–Crippen MR) is 154 cm³/mol. The summed E-state index contributed by atoms with van der Waals surface area (Å²) < 4.78 is 13.8. The summed E-state index contributed by atoms with van der Waals surface area (Å²) in [6.07, 6.45) is -0.305. The quantitative estimate of drug-likeness (QED) is 0.291. The Hall–Kier alpha value is -2.75. The van der Waals surface area contributed by atoms with Gasteiger partial charge in [0.2, 0.25) is 5.91 Å². The fourth-order valence-corrected chi connectivity index (χ4v) is 5.60. The summed E-state index contributed by atoms with van der Waals surface area (Å²) in [6, 6.07) is 13.8. The van der Waals surface area contributed by atoms with E-state index in [-0.39, 0.29) is 23.8 Å². The Morgan fingerprint density at radius 2 is 1.84 bits per heavy atom. The Morgan fingerprint density at radius 1 is 1.11 bits per heavy atom. The van der Waals surface area contributed by atoms with Gasteiger partial charge < -0.3 is 24.3 Å². The largest absolute Gasteiger partial charge is 0.482 e. The Balaban J connectivity index is 1.40. The molecule has 3 aromatic rings. The number of aromatic nitrogens is 3. The number of hydrogen-bond donors (Lipinski definition) is 1. The molecular weight excluding hydrogens is 522 g/mol. The number of benzene rings is 2. The Morgan fingerprint density at radius 3 is 2.53 bits per heavy atom. The molecule has 1 N–H and O–H groups in total. The number of nitrogens with one attached hydrogen (secondary N) is 1. The van der Waals surface area contributed by atoms with E-state index >= 15 is 0 Å². The first-order valence-electron chi connectivity index (χ1n) is 13.0. The first-order chi connectivity index (χ1) is 18.2. The highest BCUT2D eigenvalue weighted by Gasteiger charge is 2.23. The summed E-state index contributed by atoms with van der Waals surface area (Å²) >= 11 is 7.87. The third-order valence-electron chi connectivity index (χ3n) is 6.33. The van der Waals surface area contributed by atoms with Crippen molar-refractivity contribution >= 4 is 40.6 Å². The molecule has 1 aliphatic rings. The molecule has 0 aliphatic carbocycles. The molecule has 8 nitrogen and oxygen atoms in total. The van der Waals surface area contributed by atoms with Gasteiger partial charge in [-0.05, 0) is 56.5 Å². The number of halogens is 1. The maximum Gasteiger partial charge on any atom is 0.234 e. The van der Waals surface area contributed by atoms with Crippen LogP contribution in [-0.4, -0.2) is 52.7 Å². The van der Waals surface area contributed by atoms with E-state index in [0.717, 1.165) is 35.9 Å². The third-order valence-corrected chi connectivity index (χ3v) is 7.58. The second-order valence-electron chi connectivity index (χ2n) is 9.86. The topological polar surface area (TPSA) is 81.5 Å². The number of para-hydroxylation sites is 1. The molecule has 0 saturated carbocycles. The van der Waals surface area contributed by atoms with E-state index in [1.54, 1.807) is 6.07 Å². The van der Waals surface area contributed by atoms with Gasteiger partial charge in [0, 0.05) is 24.8 Å². The van der Waals surface area contributed by atoms with Crippen LogP contribution >= 0.6 is 23.4 Å². The summed E-state index contributed by atoms with van der Waals surface area (Å²) in [4.78, 5) is 15.0. The van der Waals surface area contributed by atoms with Crippen molar-refractivity contribution in [2.45, 2.75) is 57.8 Å². The van der Waals surface area contributed by atoms with Crippen molar-refractivity contribution < 1.29 is 14.3 Å². The number of rotatable bonds is 10. The highest BCUT2D eigenvalue weighted by atomic mass is 35.5. The van der Waals surface area contributed by atoms with Crippen molar-refractivity contribution in [1.29, 1.82) is 0 Å². The Labute approximate surface area is 234 Å². The normalized spacial score (nSPS) is 14.7. The lowest BCUT2D eigenvalue weighted by molar-refractivity contribution is -0.113. The third kappa shape index (κ3) is 6.81. The number of carbonyl (C=O) groups excluding carboxylic acids is 1. The summed E-state index contributed by atoms with van der Waals surface area (Å²) in [7, 11) is 0. The minimum Gasteiger partial charge on any atom is -0.482 e. The zero-order chi connectivity index (χ0) is 27.2. The van der Waals surface area contributed by atoms with Crippen LogP contribution in [0, 0.1) is 0 Å². The highest BCUT2D eigenvalue weighted by Crippen LogP contribution is 2.32. The molecule has 0 radical (unpaired) electrons. The smallest absolute Gasteiger partial charge is 0.234 e. The molecule has 1 atom stereocenters. The van der Waals surface area contributed by atoms with Crippen molar-refractivity contribution in [3.8, 4) is 5.75 Å². The van der Waals surface area contributed by atoms with Gasteiger partial charge in [0.25, 0.3) is 0 Å². The van der Waals surface area contributed by atoms with Crippen LogP contribution in [0.2, 0.25) is 5.02 Å². The SMILES string of the molecule is CC(C)c1ccccc1OC(C)c1nnc(SCC(=O)Nc2ccc(N3CCOCC3)c(Cl)c2)n1C(C)C. The number of ether oxygens (including phenoxy) is 2. The number of carbonyl (C=O) groups is 1. The van der Waals surface area contributed by atoms with E-state index < -0.39 is 0 Å². The predicted octanol–water partition coefficient (Wildman–Crippen LogP) is 6.34. The average molecular weight is 558 g/mol. The van der Waals surface area contributed by atoms with E-state index in [0.29, 0.717) is 35.0 Å². The number of amides is 1. The monoisotopic (exact) mass is 557 g/mol. The van der Waals surface area contributed by atoms with Crippen molar-refractivity contribution in [3.63, 3.8) is 0 Å². The van der Waals surface area contributed by atoms with Gasteiger partial charge in [0.05, 0.1) is 29.7 Å². The molecule has 0 spiro atoms. The van der Waals surface area contributed by atoms with Gasteiger partial charge in [-0.25, -0.2) is 0 Å². The molecule has 4 rings (SSSR count). The van der Waals surface area contributed by atoms with E-state index in [2.05, 4.69) is 54.2 Å². The lowest BCUT2D eigenvalue weighted by Gasteiger charge is -2.29. The molecule has 1 aromatic heterocycles. The first-order valence-corrected chi connectivity index (χ1v) is 14.4. The Bertz CT molecular complexity index is 1240. The van der Waals surface area contributed by atoms with Gasteiger partial charge in [-0.2, -0.15) is 0 Å². The molecular formula is C28H36ClN5O3S. The Kier molecular flexibility index (Phi) is 9.57. The second kappa shape index (κ2) is 12.9. The van der Waals surface area contributed by atoms with Crippen molar-refractivity contribution in [2.75, 3.05) is 42.3 Å². The maximum absolute atomic E-state index is 12.8. The molecule has 1 amide bonds. The summed E-state index contributed by atoms with van der Waals surface area (Å²) in [5.74, 6) is 1.97. The number of morpholine rings is 1. The van der Waals surface area contributed by atoms with Crippen LogP contribution < -0.4 is 15.0 Å². The molecule has 1 fully saturated rings. The van der Waals surface area contributed by atoms with Gasteiger partial charge in [-0.3, -0.25) is 4.79 Å². The molecule has 10 heteroatoms. The van der Waals surface area contributed by atoms with Crippen molar-refractivity contribution in [2.24, 2.45) is 0 Å². The fraction of sp³-hybridized carbons (Fsp3) is 0.464. The van der Waals surface area contributed by atoms with Crippen molar-refractivity contribution in [1.82, 2.24) is 14.8 Å². The van der Waals surface area contributed by atoms with Gasteiger partial charge in [-0.15, -0.1) is 10.2 Å². The summed E-state index contributed by atoms with van der Waals surface area (Å²) in [5.41, 5.74) is 2.76. The van der Waals surface area contributed by atoms with Crippen LogP contribution in [0.4, 0.5) is 11.4 Å². The molecule has 204 valence electrons. The molecule has 1 saturated heterocycles. The van der Waals surface area contributed by atoms with E-state index in [4.69, 9.17) is 21.1 Å². The maximum atomic E-state index is 12.8. The number of anilines is 2. The van der Waals surface area contributed by atoms with Gasteiger partial charge >= 0.3 is 0 Å². The zero-order valence-corrected chi connectivity index (χ0v) is 24.2. The molecule has 0 bridgehead atoms. The van der Waals surface area contributed by atoms with Crippen LogP contribution in [-0.2, 0) is 9.53 Å². The van der Waals surface area contributed by atoms with Crippen LogP contribution in [0.5, 0.6) is 5.75 Å². The van der Waals surface area contributed by atoms with E-state index in [9.17, 15) is 4.79 Å². The van der Waals surface area contributed by atoms with E-state index in [1.807, 2.05) is 41.8 Å². The number of nitrogens with zero attached hydrogens (tertiary/aromatic N) is 4. The summed E-state index contributed by atoms with van der Waals surface area (Å²) in [6.45, 7) is 13.4. The van der Waals surface area contributed by atoms with Crippen LogP contribution in [0.15, 0.2) is 47.6 Å². The fourth-order valence-electron chi connectivity index (χ4n) is 4.43. The van der Waals surface area contributed by atoms with Crippen LogP contribution in [0.3, 0.4) is 0 Å². The molecule has 2 heterocycles. The van der Waals surface area contributed by atoms with Gasteiger partial charge in [-0.1, -0.05) is 55.4 Å². The lowest BCUT2D eigenvalue weighted by Crippen LogP contribution is -2.36. The number of hydrogen-bond acceptors (Lipinski definition) is 7. The van der Waals surface area contributed by atoms with Crippen molar-refractivity contribution in [3.05, 3.63) is 58.9 Å². The first kappa shape index (κ1) is 28.3. The average Bonchev–Trinajstić information content (AvgIpc) is 3.33.